The first-order valence-electron chi connectivity index (χ1n) is 4.36. The van der Waals surface area contributed by atoms with Crippen LogP contribution in [0.2, 0.25) is 0 Å². The van der Waals surface area contributed by atoms with Crippen molar-refractivity contribution in [2.45, 2.75) is 11.1 Å². The molecule has 3 N–H and O–H groups in total. The SMILES string of the molecule is O=S(=O)(NC(CO)CO)c1ncccc1F. The summed E-state index contributed by atoms with van der Waals surface area (Å²) < 4.78 is 38.1. The molecule has 0 aliphatic carbocycles. The molecule has 0 aliphatic rings. The van der Waals surface area contributed by atoms with E-state index in [1.165, 1.54) is 6.07 Å². The number of nitrogens with zero attached hydrogens (tertiary/aromatic N) is 1. The monoisotopic (exact) mass is 250 g/mol. The number of hydrogen-bond donors (Lipinski definition) is 3. The Bertz CT molecular complexity index is 447. The molecule has 8 heteroatoms. The van der Waals surface area contributed by atoms with Crippen LogP contribution in [0.25, 0.3) is 0 Å². The molecular formula is C8H11FN2O4S. The van der Waals surface area contributed by atoms with Crippen molar-refractivity contribution in [1.82, 2.24) is 9.71 Å². The lowest BCUT2D eigenvalue weighted by Gasteiger charge is -2.13. The highest BCUT2D eigenvalue weighted by molar-refractivity contribution is 7.89. The largest absolute Gasteiger partial charge is 0.395 e. The van der Waals surface area contributed by atoms with E-state index in [-0.39, 0.29) is 0 Å². The zero-order valence-corrected chi connectivity index (χ0v) is 8.98. The number of rotatable bonds is 5. The van der Waals surface area contributed by atoms with Gasteiger partial charge in [0.05, 0.1) is 19.3 Å². The van der Waals surface area contributed by atoms with Gasteiger partial charge in [0.2, 0.25) is 5.03 Å². The minimum absolute atomic E-state index is 0.593. The summed E-state index contributed by atoms with van der Waals surface area (Å²) in [7, 11) is -4.17. The number of aliphatic hydroxyl groups excluding tert-OH is 2. The van der Waals surface area contributed by atoms with Crippen LogP contribution in [0.4, 0.5) is 4.39 Å². The van der Waals surface area contributed by atoms with Crippen LogP contribution in [0.15, 0.2) is 23.4 Å². The van der Waals surface area contributed by atoms with Crippen LogP contribution in [0.5, 0.6) is 0 Å². The van der Waals surface area contributed by atoms with Gasteiger partial charge in [-0.2, -0.15) is 0 Å². The van der Waals surface area contributed by atoms with Crippen molar-refractivity contribution in [2.75, 3.05) is 13.2 Å². The standard InChI is InChI=1S/C8H11FN2O4S/c9-7-2-1-3-10-8(7)16(14,15)11-6(4-12)5-13/h1-3,6,11-13H,4-5H2. The van der Waals surface area contributed by atoms with E-state index in [4.69, 9.17) is 10.2 Å². The zero-order valence-electron chi connectivity index (χ0n) is 8.17. The number of pyridine rings is 1. The predicted octanol–water partition coefficient (Wildman–Crippen LogP) is -1.15. The average Bonchev–Trinajstić information content (AvgIpc) is 2.26. The van der Waals surface area contributed by atoms with Crippen molar-refractivity contribution in [3.8, 4) is 0 Å². The van der Waals surface area contributed by atoms with Crippen molar-refractivity contribution in [3.05, 3.63) is 24.1 Å². The lowest BCUT2D eigenvalue weighted by Crippen LogP contribution is -2.40. The maximum absolute atomic E-state index is 13.1. The lowest BCUT2D eigenvalue weighted by molar-refractivity contribution is 0.184. The van der Waals surface area contributed by atoms with E-state index < -0.39 is 40.1 Å². The Kier molecular flexibility index (Phi) is 4.30. The van der Waals surface area contributed by atoms with Gasteiger partial charge in [0, 0.05) is 6.20 Å². The molecule has 0 bridgehead atoms. The number of nitrogens with one attached hydrogen (secondary N) is 1. The molecule has 0 amide bonds. The fourth-order valence-corrected chi connectivity index (χ4v) is 2.20. The van der Waals surface area contributed by atoms with Crippen molar-refractivity contribution < 1.29 is 23.0 Å². The molecule has 6 nitrogen and oxygen atoms in total. The number of aromatic nitrogens is 1. The molecular weight excluding hydrogens is 239 g/mol. The van der Waals surface area contributed by atoms with Crippen LogP contribution in [0.1, 0.15) is 0 Å². The van der Waals surface area contributed by atoms with Gasteiger partial charge in [0.15, 0.2) is 5.82 Å². The second-order valence-electron chi connectivity index (χ2n) is 2.97. The normalized spacial score (nSPS) is 12.0. The van der Waals surface area contributed by atoms with Crippen LogP contribution in [-0.2, 0) is 10.0 Å². The summed E-state index contributed by atoms with van der Waals surface area (Å²) in [4.78, 5) is 3.38. The van der Waals surface area contributed by atoms with E-state index in [2.05, 4.69) is 4.98 Å². The van der Waals surface area contributed by atoms with Crippen LogP contribution >= 0.6 is 0 Å². The summed E-state index contributed by atoms with van der Waals surface area (Å²) in [6.45, 7) is -1.19. The second-order valence-corrected chi connectivity index (χ2v) is 4.60. The molecule has 16 heavy (non-hydrogen) atoms. The third kappa shape index (κ3) is 2.95. The van der Waals surface area contributed by atoms with Crippen LogP contribution in [0, 0.1) is 5.82 Å². The minimum Gasteiger partial charge on any atom is -0.395 e. The van der Waals surface area contributed by atoms with Crippen molar-refractivity contribution in [1.29, 1.82) is 0 Å². The third-order valence-corrected chi connectivity index (χ3v) is 3.19. The highest BCUT2D eigenvalue weighted by atomic mass is 32.2. The van der Waals surface area contributed by atoms with Crippen molar-refractivity contribution in [3.63, 3.8) is 0 Å². The Morgan fingerprint density at radius 2 is 2.06 bits per heavy atom. The predicted molar refractivity (Wildman–Crippen MR) is 52.5 cm³/mol. The molecule has 0 radical (unpaired) electrons. The maximum atomic E-state index is 13.1. The summed E-state index contributed by atoms with van der Waals surface area (Å²) in [6.07, 6.45) is 1.13. The van der Waals surface area contributed by atoms with Gasteiger partial charge in [-0.25, -0.2) is 22.5 Å². The molecule has 0 aromatic carbocycles. The Morgan fingerprint density at radius 3 is 2.56 bits per heavy atom. The summed E-state index contributed by atoms with van der Waals surface area (Å²) >= 11 is 0. The van der Waals surface area contributed by atoms with Gasteiger partial charge in [-0.15, -0.1) is 0 Å². The topological polar surface area (TPSA) is 99.5 Å². The number of sulfonamides is 1. The van der Waals surface area contributed by atoms with Gasteiger partial charge in [0.25, 0.3) is 10.0 Å². The smallest absolute Gasteiger partial charge is 0.261 e. The van der Waals surface area contributed by atoms with Crippen molar-refractivity contribution in [2.24, 2.45) is 0 Å². The molecule has 1 aromatic rings. The molecule has 1 heterocycles. The summed E-state index contributed by atoms with van der Waals surface area (Å²) in [5.74, 6) is -0.996. The van der Waals surface area contributed by atoms with E-state index in [0.717, 1.165) is 12.3 Å². The van der Waals surface area contributed by atoms with E-state index in [9.17, 15) is 12.8 Å². The fraction of sp³-hybridized carbons (Fsp3) is 0.375. The molecule has 0 saturated carbocycles. The molecule has 1 aromatic heterocycles. The first kappa shape index (κ1) is 13.0. The van der Waals surface area contributed by atoms with Crippen LogP contribution < -0.4 is 4.72 Å². The molecule has 0 aliphatic heterocycles. The van der Waals surface area contributed by atoms with Crippen LogP contribution in [-0.4, -0.2) is 42.9 Å². The second kappa shape index (κ2) is 5.30. The Balaban J connectivity index is 2.99. The fourth-order valence-electron chi connectivity index (χ4n) is 0.976. The molecule has 0 unspecified atom stereocenters. The van der Waals surface area contributed by atoms with E-state index >= 15 is 0 Å². The van der Waals surface area contributed by atoms with Crippen molar-refractivity contribution >= 4 is 10.0 Å². The highest BCUT2D eigenvalue weighted by Crippen LogP contribution is 2.10. The Hall–Kier alpha value is -1.09. The van der Waals surface area contributed by atoms with Gasteiger partial charge in [-0.3, -0.25) is 0 Å². The zero-order chi connectivity index (χ0) is 12.2. The number of aliphatic hydroxyl groups is 2. The highest BCUT2D eigenvalue weighted by Gasteiger charge is 2.23. The van der Waals surface area contributed by atoms with Gasteiger partial charge in [0.1, 0.15) is 0 Å². The quantitative estimate of drug-likeness (QED) is 0.613. The van der Waals surface area contributed by atoms with E-state index in [1.54, 1.807) is 0 Å². The first-order chi connectivity index (χ1) is 7.51. The lowest BCUT2D eigenvalue weighted by atomic mass is 10.4. The molecule has 0 fully saturated rings. The first-order valence-corrected chi connectivity index (χ1v) is 5.84. The van der Waals surface area contributed by atoms with E-state index in [0.29, 0.717) is 0 Å². The maximum Gasteiger partial charge on any atom is 0.261 e. The minimum atomic E-state index is -4.17. The average molecular weight is 250 g/mol. The summed E-state index contributed by atoms with van der Waals surface area (Å²) in [5.41, 5.74) is 0. The van der Waals surface area contributed by atoms with Gasteiger partial charge in [-0.1, -0.05) is 0 Å². The molecule has 1 rings (SSSR count). The molecule has 0 atom stereocenters. The Morgan fingerprint density at radius 1 is 1.44 bits per heavy atom. The molecule has 0 spiro atoms. The molecule has 0 saturated heterocycles. The van der Waals surface area contributed by atoms with Crippen LogP contribution in [0.3, 0.4) is 0 Å². The van der Waals surface area contributed by atoms with Gasteiger partial charge in [-0.05, 0) is 12.1 Å². The van der Waals surface area contributed by atoms with Gasteiger partial charge < -0.3 is 10.2 Å². The number of hydrogen-bond acceptors (Lipinski definition) is 5. The van der Waals surface area contributed by atoms with E-state index in [1.807, 2.05) is 4.72 Å². The number of halogens is 1. The summed E-state index contributed by atoms with van der Waals surface area (Å²) in [5, 5.41) is 16.6. The summed E-state index contributed by atoms with van der Waals surface area (Å²) in [6, 6.07) is 1.13. The third-order valence-electron chi connectivity index (χ3n) is 1.74. The molecule has 90 valence electrons. The Labute approximate surface area is 91.8 Å². The van der Waals surface area contributed by atoms with Gasteiger partial charge >= 0.3 is 0 Å².